The zero-order chi connectivity index (χ0) is 14.6. The largest absolute Gasteiger partial charge is 0.272 e. The molecule has 0 bridgehead atoms. The van der Waals surface area contributed by atoms with Gasteiger partial charge in [0.05, 0.1) is 6.20 Å². The molecule has 0 radical (unpaired) electrons. The average Bonchev–Trinajstić information content (AvgIpc) is 2.90. The van der Waals surface area contributed by atoms with Crippen molar-refractivity contribution in [3.63, 3.8) is 0 Å². The highest BCUT2D eigenvalue weighted by molar-refractivity contribution is 7.89. The molecule has 0 spiro atoms. The van der Waals surface area contributed by atoms with E-state index in [1.54, 1.807) is 16.8 Å². The molecule has 2 rings (SSSR count). The van der Waals surface area contributed by atoms with Crippen molar-refractivity contribution in [3.05, 3.63) is 48.0 Å². The van der Waals surface area contributed by atoms with Crippen molar-refractivity contribution < 1.29 is 12.8 Å². The van der Waals surface area contributed by atoms with Gasteiger partial charge >= 0.3 is 0 Å². The third kappa shape index (κ3) is 3.64. The highest BCUT2D eigenvalue weighted by Gasteiger charge is 2.15. The average molecular weight is 297 g/mol. The van der Waals surface area contributed by atoms with Crippen LogP contribution in [0.25, 0.3) is 0 Å². The Morgan fingerprint density at radius 3 is 2.60 bits per heavy atom. The second kappa shape index (κ2) is 6.15. The summed E-state index contributed by atoms with van der Waals surface area (Å²) in [6.45, 7) is 2.75. The fourth-order valence-corrected chi connectivity index (χ4v) is 2.70. The van der Waals surface area contributed by atoms with Crippen LogP contribution in [0.2, 0.25) is 0 Å². The minimum absolute atomic E-state index is 0.151. The van der Waals surface area contributed by atoms with Gasteiger partial charge in [-0.05, 0) is 31.0 Å². The maximum atomic E-state index is 12.7. The van der Waals surface area contributed by atoms with Gasteiger partial charge in [0.2, 0.25) is 10.0 Å². The second-order valence-corrected chi connectivity index (χ2v) is 6.07. The molecular weight excluding hydrogens is 281 g/mol. The summed E-state index contributed by atoms with van der Waals surface area (Å²) >= 11 is 0. The van der Waals surface area contributed by atoms with E-state index in [0.717, 1.165) is 5.56 Å². The van der Waals surface area contributed by atoms with Crippen LogP contribution in [-0.2, 0) is 23.0 Å². The topological polar surface area (TPSA) is 64.0 Å². The maximum absolute atomic E-state index is 12.7. The molecule has 0 saturated carbocycles. The van der Waals surface area contributed by atoms with Crippen LogP contribution in [-0.4, -0.2) is 24.7 Å². The lowest BCUT2D eigenvalue weighted by Crippen LogP contribution is -2.25. The molecule has 0 aliphatic carbocycles. The molecule has 0 fully saturated rings. The first kappa shape index (κ1) is 14.7. The lowest BCUT2D eigenvalue weighted by molar-refractivity contribution is 0.581. The Labute approximate surface area is 117 Å². The molecule has 0 amide bonds. The Hall–Kier alpha value is -1.73. The van der Waals surface area contributed by atoms with Gasteiger partial charge in [-0.2, -0.15) is 5.10 Å². The standard InChI is InChI=1S/C13H16FN3O2S/c1-2-17-10-13(9-15-17)20(18,19)16-8-7-11-3-5-12(14)6-4-11/h3-6,9-10,16H,2,7-8H2,1H3. The van der Waals surface area contributed by atoms with Gasteiger partial charge < -0.3 is 0 Å². The Bertz CT molecular complexity index is 665. The van der Waals surface area contributed by atoms with E-state index in [2.05, 4.69) is 9.82 Å². The van der Waals surface area contributed by atoms with Crippen molar-refractivity contribution in [1.82, 2.24) is 14.5 Å². The number of aromatic nitrogens is 2. The van der Waals surface area contributed by atoms with E-state index in [-0.39, 0.29) is 17.3 Å². The van der Waals surface area contributed by atoms with E-state index < -0.39 is 10.0 Å². The molecule has 5 nitrogen and oxygen atoms in total. The first-order chi connectivity index (χ1) is 9.51. The number of aryl methyl sites for hydroxylation is 1. The van der Waals surface area contributed by atoms with Crippen LogP contribution in [0.5, 0.6) is 0 Å². The quantitative estimate of drug-likeness (QED) is 0.880. The van der Waals surface area contributed by atoms with E-state index >= 15 is 0 Å². The number of rotatable bonds is 6. The second-order valence-electron chi connectivity index (χ2n) is 4.31. The smallest absolute Gasteiger partial charge is 0.243 e. The van der Waals surface area contributed by atoms with Gasteiger partial charge in [-0.3, -0.25) is 4.68 Å². The van der Waals surface area contributed by atoms with Crippen molar-refractivity contribution in [2.45, 2.75) is 24.8 Å². The number of halogens is 1. The Morgan fingerprint density at radius 2 is 2.00 bits per heavy atom. The molecule has 108 valence electrons. The predicted octanol–water partition coefficient (Wildman–Crippen LogP) is 1.56. The van der Waals surface area contributed by atoms with E-state index in [4.69, 9.17) is 0 Å². The zero-order valence-corrected chi connectivity index (χ0v) is 11.9. The predicted molar refractivity (Wildman–Crippen MR) is 73.2 cm³/mol. The van der Waals surface area contributed by atoms with Gasteiger partial charge in [0, 0.05) is 19.3 Å². The van der Waals surface area contributed by atoms with Crippen LogP contribution in [0, 0.1) is 5.82 Å². The normalized spacial score (nSPS) is 11.7. The van der Waals surface area contributed by atoms with Crippen LogP contribution >= 0.6 is 0 Å². The summed E-state index contributed by atoms with van der Waals surface area (Å²) in [4.78, 5) is 0.151. The zero-order valence-electron chi connectivity index (χ0n) is 11.1. The Morgan fingerprint density at radius 1 is 1.30 bits per heavy atom. The highest BCUT2D eigenvalue weighted by Crippen LogP contribution is 2.07. The van der Waals surface area contributed by atoms with E-state index in [1.165, 1.54) is 24.5 Å². The van der Waals surface area contributed by atoms with Crippen molar-refractivity contribution in [1.29, 1.82) is 0 Å². The Kier molecular flexibility index (Phi) is 4.51. The molecule has 0 aliphatic rings. The molecule has 0 unspecified atom stereocenters. The molecule has 1 aromatic heterocycles. The summed E-state index contributed by atoms with van der Waals surface area (Å²) in [6, 6.07) is 5.99. The molecule has 1 N–H and O–H groups in total. The summed E-state index contributed by atoms with van der Waals surface area (Å²) in [5.41, 5.74) is 0.873. The van der Waals surface area contributed by atoms with Crippen LogP contribution in [0.15, 0.2) is 41.6 Å². The van der Waals surface area contributed by atoms with Gasteiger partial charge in [0.25, 0.3) is 0 Å². The van der Waals surface area contributed by atoms with Gasteiger partial charge in [-0.15, -0.1) is 0 Å². The maximum Gasteiger partial charge on any atom is 0.243 e. The molecule has 7 heteroatoms. The Balaban J connectivity index is 1.94. The third-order valence-electron chi connectivity index (χ3n) is 2.86. The number of hydrogen-bond donors (Lipinski definition) is 1. The molecule has 1 aromatic carbocycles. The van der Waals surface area contributed by atoms with Crippen molar-refractivity contribution in [2.75, 3.05) is 6.54 Å². The summed E-state index contributed by atoms with van der Waals surface area (Å²) < 4.78 is 40.7. The number of hydrogen-bond acceptors (Lipinski definition) is 3. The van der Waals surface area contributed by atoms with Crippen LogP contribution in [0.1, 0.15) is 12.5 Å². The summed E-state index contributed by atoms with van der Waals surface area (Å²) in [6.07, 6.45) is 3.31. The van der Waals surface area contributed by atoms with Crippen LogP contribution in [0.3, 0.4) is 0 Å². The fourth-order valence-electron chi connectivity index (χ4n) is 1.72. The molecular formula is C13H16FN3O2S. The van der Waals surface area contributed by atoms with Gasteiger partial charge in [0.15, 0.2) is 0 Å². The summed E-state index contributed by atoms with van der Waals surface area (Å²) in [7, 11) is -3.54. The van der Waals surface area contributed by atoms with Gasteiger partial charge in [-0.1, -0.05) is 12.1 Å². The van der Waals surface area contributed by atoms with Crippen molar-refractivity contribution in [2.24, 2.45) is 0 Å². The molecule has 0 saturated heterocycles. The number of benzene rings is 1. The molecule has 20 heavy (non-hydrogen) atoms. The van der Waals surface area contributed by atoms with Crippen LogP contribution in [0.4, 0.5) is 4.39 Å². The first-order valence-corrected chi connectivity index (χ1v) is 7.76. The first-order valence-electron chi connectivity index (χ1n) is 6.28. The minimum Gasteiger partial charge on any atom is -0.272 e. The molecule has 0 aliphatic heterocycles. The number of nitrogens with one attached hydrogen (secondary N) is 1. The van der Waals surface area contributed by atoms with Crippen LogP contribution < -0.4 is 4.72 Å². The number of nitrogens with zero attached hydrogens (tertiary/aromatic N) is 2. The van der Waals surface area contributed by atoms with Crippen molar-refractivity contribution >= 4 is 10.0 Å². The third-order valence-corrected chi connectivity index (χ3v) is 4.28. The lowest BCUT2D eigenvalue weighted by atomic mass is 10.1. The fraction of sp³-hybridized carbons (Fsp3) is 0.308. The molecule has 0 atom stereocenters. The SMILES string of the molecule is CCn1cc(S(=O)(=O)NCCc2ccc(F)cc2)cn1. The van der Waals surface area contributed by atoms with E-state index in [0.29, 0.717) is 13.0 Å². The van der Waals surface area contributed by atoms with E-state index in [1.807, 2.05) is 6.92 Å². The van der Waals surface area contributed by atoms with Gasteiger partial charge in [0.1, 0.15) is 10.7 Å². The molecule has 1 heterocycles. The van der Waals surface area contributed by atoms with E-state index in [9.17, 15) is 12.8 Å². The summed E-state index contributed by atoms with van der Waals surface area (Å²) in [5, 5.41) is 3.93. The lowest BCUT2D eigenvalue weighted by Gasteiger charge is -2.04. The van der Waals surface area contributed by atoms with Crippen molar-refractivity contribution in [3.8, 4) is 0 Å². The minimum atomic E-state index is -3.54. The monoisotopic (exact) mass is 297 g/mol. The molecule has 2 aromatic rings. The number of sulfonamides is 1. The summed E-state index contributed by atoms with van der Waals surface area (Å²) in [5.74, 6) is -0.304. The highest BCUT2D eigenvalue weighted by atomic mass is 32.2. The van der Waals surface area contributed by atoms with Gasteiger partial charge in [-0.25, -0.2) is 17.5 Å².